The third-order valence-corrected chi connectivity index (χ3v) is 2.44. The Hall–Kier alpha value is -1.88. The van der Waals surface area contributed by atoms with Crippen molar-refractivity contribution in [3.63, 3.8) is 0 Å². The molecule has 1 rings (SSSR count). The fourth-order valence-electron chi connectivity index (χ4n) is 1.48. The van der Waals surface area contributed by atoms with Gasteiger partial charge in [0.1, 0.15) is 0 Å². The molecule has 18 heavy (non-hydrogen) atoms. The van der Waals surface area contributed by atoms with Crippen molar-refractivity contribution < 1.29 is 14.7 Å². The Morgan fingerprint density at radius 2 is 2.11 bits per heavy atom. The molecule has 1 aromatic rings. The largest absolute Gasteiger partial charge is 0.478 e. The lowest BCUT2D eigenvalue weighted by Crippen LogP contribution is -2.27. The summed E-state index contributed by atoms with van der Waals surface area (Å²) in [6.45, 7) is 3.83. The predicted molar refractivity (Wildman–Crippen MR) is 68.4 cm³/mol. The minimum Gasteiger partial charge on any atom is -0.478 e. The van der Waals surface area contributed by atoms with E-state index in [1.165, 1.54) is 6.07 Å². The summed E-state index contributed by atoms with van der Waals surface area (Å²) in [7, 11) is 0. The highest BCUT2D eigenvalue weighted by Crippen LogP contribution is 2.05. The smallest absolute Gasteiger partial charge is 0.335 e. The molecular weight excluding hydrogens is 232 g/mol. The van der Waals surface area contributed by atoms with E-state index in [0.717, 1.165) is 12.1 Å². The van der Waals surface area contributed by atoms with Gasteiger partial charge in [-0.1, -0.05) is 19.1 Å². The van der Waals surface area contributed by atoms with Crippen LogP contribution in [-0.2, 0) is 11.3 Å². The molecule has 98 valence electrons. The van der Waals surface area contributed by atoms with E-state index in [2.05, 4.69) is 10.6 Å². The molecule has 0 bridgehead atoms. The van der Waals surface area contributed by atoms with Crippen molar-refractivity contribution in [1.29, 1.82) is 0 Å². The van der Waals surface area contributed by atoms with E-state index in [4.69, 9.17) is 5.11 Å². The second-order valence-electron chi connectivity index (χ2n) is 3.89. The summed E-state index contributed by atoms with van der Waals surface area (Å²) >= 11 is 0. The zero-order valence-electron chi connectivity index (χ0n) is 10.4. The second-order valence-corrected chi connectivity index (χ2v) is 3.89. The van der Waals surface area contributed by atoms with E-state index in [0.29, 0.717) is 19.5 Å². The number of carbonyl (C=O) groups is 2. The summed E-state index contributed by atoms with van der Waals surface area (Å²) in [5.74, 6) is -1.01. The number of hydrogen-bond donors (Lipinski definition) is 3. The van der Waals surface area contributed by atoms with Crippen molar-refractivity contribution >= 4 is 11.9 Å². The summed E-state index contributed by atoms with van der Waals surface area (Å²) in [6.07, 6.45) is 0.423. The van der Waals surface area contributed by atoms with Crippen LogP contribution in [0, 0.1) is 0 Å². The normalized spacial score (nSPS) is 10.1. The molecule has 1 aromatic carbocycles. The maximum absolute atomic E-state index is 11.4. The summed E-state index contributed by atoms with van der Waals surface area (Å²) in [4.78, 5) is 22.2. The predicted octanol–water partition coefficient (Wildman–Crippen LogP) is 1.00. The van der Waals surface area contributed by atoms with E-state index in [1.54, 1.807) is 18.2 Å². The van der Waals surface area contributed by atoms with Gasteiger partial charge in [0, 0.05) is 19.5 Å². The lowest BCUT2D eigenvalue weighted by atomic mass is 10.1. The molecule has 0 atom stereocenters. The molecule has 5 heteroatoms. The molecule has 0 aliphatic heterocycles. The number of carbonyl (C=O) groups excluding carboxylic acids is 1. The van der Waals surface area contributed by atoms with Crippen LogP contribution in [-0.4, -0.2) is 30.1 Å². The van der Waals surface area contributed by atoms with Crippen LogP contribution in [0.25, 0.3) is 0 Å². The maximum atomic E-state index is 11.4. The van der Waals surface area contributed by atoms with Gasteiger partial charge in [0.05, 0.1) is 5.56 Å². The van der Waals surface area contributed by atoms with Gasteiger partial charge < -0.3 is 15.7 Å². The van der Waals surface area contributed by atoms with Crippen molar-refractivity contribution in [2.75, 3.05) is 13.1 Å². The molecule has 0 fully saturated rings. The first-order valence-corrected chi connectivity index (χ1v) is 5.93. The zero-order valence-corrected chi connectivity index (χ0v) is 10.4. The Labute approximate surface area is 106 Å². The number of benzene rings is 1. The van der Waals surface area contributed by atoms with Crippen molar-refractivity contribution in [3.8, 4) is 0 Å². The minimum atomic E-state index is -0.963. The van der Waals surface area contributed by atoms with Gasteiger partial charge in [-0.15, -0.1) is 0 Å². The van der Waals surface area contributed by atoms with Gasteiger partial charge in [-0.25, -0.2) is 4.79 Å². The first kappa shape index (κ1) is 14.2. The van der Waals surface area contributed by atoms with E-state index >= 15 is 0 Å². The van der Waals surface area contributed by atoms with Gasteiger partial charge in [0.2, 0.25) is 5.91 Å². The summed E-state index contributed by atoms with van der Waals surface area (Å²) < 4.78 is 0. The number of carboxylic acids is 1. The van der Waals surface area contributed by atoms with Crippen molar-refractivity contribution in [1.82, 2.24) is 10.6 Å². The number of nitrogens with one attached hydrogen (secondary N) is 2. The molecule has 0 aromatic heterocycles. The van der Waals surface area contributed by atoms with Crippen LogP contribution >= 0.6 is 0 Å². The Balaban J connectivity index is 2.41. The third kappa shape index (κ3) is 4.97. The molecule has 0 aliphatic rings. The number of aromatic carboxylic acids is 1. The standard InChI is InChI=1S/C13H18N2O3/c1-2-14-7-6-12(16)15-9-10-4-3-5-11(8-10)13(17)18/h3-5,8,14H,2,6-7,9H2,1H3,(H,15,16)(H,17,18). The molecule has 0 saturated carbocycles. The fraction of sp³-hybridized carbons (Fsp3) is 0.385. The lowest BCUT2D eigenvalue weighted by Gasteiger charge is -2.06. The molecule has 0 spiro atoms. The van der Waals surface area contributed by atoms with Crippen LogP contribution < -0.4 is 10.6 Å². The molecule has 0 aliphatic carbocycles. The van der Waals surface area contributed by atoms with Crippen LogP contribution in [0.2, 0.25) is 0 Å². The Morgan fingerprint density at radius 1 is 1.33 bits per heavy atom. The van der Waals surface area contributed by atoms with Crippen LogP contribution in [0.15, 0.2) is 24.3 Å². The van der Waals surface area contributed by atoms with Crippen LogP contribution in [0.5, 0.6) is 0 Å². The zero-order chi connectivity index (χ0) is 13.4. The number of amides is 1. The van der Waals surface area contributed by atoms with Crippen molar-refractivity contribution in [2.24, 2.45) is 0 Å². The highest BCUT2D eigenvalue weighted by atomic mass is 16.4. The van der Waals surface area contributed by atoms with Crippen molar-refractivity contribution in [3.05, 3.63) is 35.4 Å². The molecule has 1 amide bonds. The van der Waals surface area contributed by atoms with Gasteiger partial charge >= 0.3 is 5.97 Å². The quantitative estimate of drug-likeness (QED) is 0.631. The molecule has 0 saturated heterocycles. The Bertz CT molecular complexity index is 418. The monoisotopic (exact) mass is 250 g/mol. The Kier molecular flexibility index (Phi) is 5.87. The maximum Gasteiger partial charge on any atom is 0.335 e. The average Bonchev–Trinajstić information content (AvgIpc) is 2.37. The molecule has 3 N–H and O–H groups in total. The molecule has 5 nitrogen and oxygen atoms in total. The van der Waals surface area contributed by atoms with Gasteiger partial charge in [-0.05, 0) is 24.2 Å². The van der Waals surface area contributed by atoms with Gasteiger partial charge in [-0.2, -0.15) is 0 Å². The van der Waals surface area contributed by atoms with E-state index in [-0.39, 0.29) is 11.5 Å². The van der Waals surface area contributed by atoms with Crippen LogP contribution in [0.1, 0.15) is 29.3 Å². The number of rotatable bonds is 7. The van der Waals surface area contributed by atoms with Crippen LogP contribution in [0.3, 0.4) is 0 Å². The van der Waals surface area contributed by atoms with Gasteiger partial charge in [0.25, 0.3) is 0 Å². The number of carboxylic acid groups (broad SMARTS) is 1. The molecule has 0 heterocycles. The SMILES string of the molecule is CCNCCC(=O)NCc1cccc(C(=O)O)c1. The topological polar surface area (TPSA) is 78.4 Å². The van der Waals surface area contributed by atoms with Crippen LogP contribution in [0.4, 0.5) is 0 Å². The van der Waals surface area contributed by atoms with E-state index in [9.17, 15) is 9.59 Å². The summed E-state index contributed by atoms with van der Waals surface area (Å²) in [6, 6.07) is 6.55. The Morgan fingerprint density at radius 3 is 2.78 bits per heavy atom. The lowest BCUT2D eigenvalue weighted by molar-refractivity contribution is -0.121. The highest BCUT2D eigenvalue weighted by Gasteiger charge is 2.04. The first-order chi connectivity index (χ1) is 8.63. The summed E-state index contributed by atoms with van der Waals surface area (Å²) in [5, 5.41) is 14.6. The average molecular weight is 250 g/mol. The highest BCUT2D eigenvalue weighted by molar-refractivity contribution is 5.87. The van der Waals surface area contributed by atoms with E-state index in [1.807, 2.05) is 6.92 Å². The second kappa shape index (κ2) is 7.45. The van der Waals surface area contributed by atoms with Crippen molar-refractivity contribution in [2.45, 2.75) is 19.9 Å². The van der Waals surface area contributed by atoms with E-state index < -0.39 is 5.97 Å². The fourth-order valence-corrected chi connectivity index (χ4v) is 1.48. The molecule has 0 unspecified atom stereocenters. The third-order valence-electron chi connectivity index (χ3n) is 2.44. The van der Waals surface area contributed by atoms with Gasteiger partial charge in [-0.3, -0.25) is 4.79 Å². The summed E-state index contributed by atoms with van der Waals surface area (Å²) in [5.41, 5.74) is 1.01. The van der Waals surface area contributed by atoms with Gasteiger partial charge in [0.15, 0.2) is 0 Å². The number of hydrogen-bond acceptors (Lipinski definition) is 3. The first-order valence-electron chi connectivity index (χ1n) is 5.93. The molecular formula is C13H18N2O3. The minimum absolute atomic E-state index is 0.0447. The molecule has 0 radical (unpaired) electrons.